The first-order valence-corrected chi connectivity index (χ1v) is 14.9. The summed E-state index contributed by atoms with van der Waals surface area (Å²) >= 11 is 0. The number of halogens is 4. The fourth-order valence-corrected chi connectivity index (χ4v) is 5.65. The molecule has 0 fully saturated rings. The third kappa shape index (κ3) is 7.69. The molecule has 1 aliphatic carbocycles. The molecule has 0 heterocycles. The topological polar surface area (TPSA) is 9.23 Å². The van der Waals surface area contributed by atoms with E-state index in [2.05, 4.69) is 19.6 Å². The van der Waals surface area contributed by atoms with Crippen LogP contribution in [-0.4, -0.2) is 6.61 Å². The van der Waals surface area contributed by atoms with Gasteiger partial charge in [-0.15, -0.1) is 0 Å². The fourth-order valence-electron chi connectivity index (χ4n) is 5.65. The summed E-state index contributed by atoms with van der Waals surface area (Å²) in [5.41, 5.74) is 2.25. The first-order chi connectivity index (χ1) is 19.9. The van der Waals surface area contributed by atoms with Crippen molar-refractivity contribution in [2.24, 2.45) is 5.92 Å². The Morgan fingerprint density at radius 2 is 1.29 bits per heavy atom. The van der Waals surface area contributed by atoms with Gasteiger partial charge in [-0.05, 0) is 54.0 Å². The van der Waals surface area contributed by atoms with E-state index in [1.165, 1.54) is 69.6 Å². The monoisotopic (exact) mass is 564 g/mol. The summed E-state index contributed by atoms with van der Waals surface area (Å²) in [4.78, 5) is 0. The maximum absolute atomic E-state index is 15.3. The van der Waals surface area contributed by atoms with Crippen molar-refractivity contribution in [3.63, 3.8) is 0 Å². The zero-order valence-corrected chi connectivity index (χ0v) is 24.0. The number of allylic oxidation sites excluding steroid dienone is 2. The highest BCUT2D eigenvalue weighted by Crippen LogP contribution is 2.37. The molecule has 0 saturated carbocycles. The van der Waals surface area contributed by atoms with Crippen LogP contribution in [0.5, 0.6) is 5.75 Å². The van der Waals surface area contributed by atoms with Crippen LogP contribution in [0.15, 0.2) is 67.3 Å². The Labute approximate surface area is 242 Å². The molecule has 0 radical (unpaired) electrons. The summed E-state index contributed by atoms with van der Waals surface area (Å²) in [7, 11) is 0. The van der Waals surface area contributed by atoms with Crippen LogP contribution in [0.25, 0.3) is 27.8 Å². The van der Waals surface area contributed by atoms with Gasteiger partial charge in [-0.2, -0.15) is 4.39 Å². The van der Waals surface area contributed by atoms with Crippen LogP contribution in [-0.2, 0) is 0 Å². The zero-order valence-electron chi connectivity index (χ0n) is 24.0. The van der Waals surface area contributed by atoms with Crippen molar-refractivity contribution in [1.82, 2.24) is 0 Å². The first kappa shape index (κ1) is 30.6. The number of hydrogen-bond donors (Lipinski definition) is 0. The van der Waals surface area contributed by atoms with Gasteiger partial charge in [0, 0.05) is 16.7 Å². The van der Waals surface area contributed by atoms with Gasteiger partial charge in [-0.25, -0.2) is 13.2 Å². The van der Waals surface area contributed by atoms with Crippen LogP contribution in [0.3, 0.4) is 0 Å². The molecule has 0 saturated heterocycles. The van der Waals surface area contributed by atoms with E-state index in [0.717, 1.165) is 24.8 Å². The van der Waals surface area contributed by atoms with Gasteiger partial charge >= 0.3 is 0 Å². The maximum atomic E-state index is 15.3. The molecule has 1 nitrogen and oxygen atoms in total. The van der Waals surface area contributed by atoms with Crippen LogP contribution in [0.1, 0.15) is 83.1 Å². The van der Waals surface area contributed by atoms with Crippen molar-refractivity contribution in [1.29, 1.82) is 0 Å². The van der Waals surface area contributed by atoms with E-state index in [0.29, 0.717) is 22.6 Å². The molecule has 1 aliphatic rings. The van der Waals surface area contributed by atoms with Crippen molar-refractivity contribution in [3.8, 4) is 28.0 Å². The molecule has 1 unspecified atom stereocenters. The number of rotatable bonds is 14. The molecule has 3 aromatic carbocycles. The van der Waals surface area contributed by atoms with Gasteiger partial charge in [-0.3, -0.25) is 0 Å². The predicted octanol–water partition coefficient (Wildman–Crippen LogP) is 11.5. The summed E-state index contributed by atoms with van der Waals surface area (Å²) in [5.74, 6) is -3.44. The van der Waals surface area contributed by atoms with Crippen molar-refractivity contribution in [3.05, 3.63) is 96.1 Å². The Balaban J connectivity index is 1.40. The number of benzene rings is 3. The second-order valence-corrected chi connectivity index (χ2v) is 11.0. The molecular formula is C36H40F4O. The van der Waals surface area contributed by atoms with Crippen LogP contribution in [0.4, 0.5) is 17.6 Å². The average molecular weight is 565 g/mol. The van der Waals surface area contributed by atoms with Crippen LogP contribution < -0.4 is 4.74 Å². The van der Waals surface area contributed by atoms with Gasteiger partial charge in [0.05, 0.1) is 0 Å². The highest BCUT2D eigenvalue weighted by atomic mass is 19.2. The molecule has 0 amide bonds. The van der Waals surface area contributed by atoms with Crippen molar-refractivity contribution in [2.45, 2.75) is 77.6 Å². The quantitative estimate of drug-likeness (QED) is 0.107. The normalized spacial score (nSPS) is 15.0. The lowest BCUT2D eigenvalue weighted by Crippen LogP contribution is -2.07. The summed E-state index contributed by atoms with van der Waals surface area (Å²) in [6.07, 6.45) is 16.5. The molecule has 4 rings (SSSR count). The Bertz CT molecular complexity index is 1340. The van der Waals surface area contributed by atoms with Crippen LogP contribution >= 0.6 is 0 Å². The minimum absolute atomic E-state index is 0.0523. The predicted molar refractivity (Wildman–Crippen MR) is 161 cm³/mol. The van der Waals surface area contributed by atoms with Crippen molar-refractivity contribution >= 4 is 5.57 Å². The van der Waals surface area contributed by atoms with E-state index in [1.807, 2.05) is 0 Å². The van der Waals surface area contributed by atoms with Gasteiger partial charge in [0.15, 0.2) is 23.2 Å². The largest absolute Gasteiger partial charge is 0.486 e. The molecule has 0 aromatic heterocycles. The molecule has 218 valence electrons. The van der Waals surface area contributed by atoms with Crippen molar-refractivity contribution in [2.75, 3.05) is 6.61 Å². The molecule has 5 heteroatoms. The summed E-state index contributed by atoms with van der Waals surface area (Å²) in [6, 6.07) is 12.3. The minimum Gasteiger partial charge on any atom is -0.486 e. The van der Waals surface area contributed by atoms with Gasteiger partial charge in [0.2, 0.25) is 5.82 Å². The van der Waals surface area contributed by atoms with Gasteiger partial charge < -0.3 is 4.74 Å². The maximum Gasteiger partial charge on any atom is 0.201 e. The summed E-state index contributed by atoms with van der Waals surface area (Å²) < 4.78 is 64.7. The molecule has 0 spiro atoms. The number of hydrogen-bond acceptors (Lipinski definition) is 1. The Morgan fingerprint density at radius 1 is 0.732 bits per heavy atom. The molecule has 41 heavy (non-hydrogen) atoms. The van der Waals surface area contributed by atoms with E-state index in [-0.39, 0.29) is 23.5 Å². The van der Waals surface area contributed by atoms with E-state index in [4.69, 9.17) is 4.74 Å². The highest BCUT2D eigenvalue weighted by Gasteiger charge is 2.21. The molecular weight excluding hydrogens is 524 g/mol. The van der Waals surface area contributed by atoms with Gasteiger partial charge in [0.1, 0.15) is 6.61 Å². The van der Waals surface area contributed by atoms with E-state index in [9.17, 15) is 8.78 Å². The fraction of sp³-hybridized carbons (Fsp3) is 0.389. The van der Waals surface area contributed by atoms with E-state index >= 15 is 8.78 Å². The number of unbranched alkanes of at least 4 members (excludes halogenated alkanes) is 6. The molecule has 0 aliphatic heterocycles. The third-order valence-electron chi connectivity index (χ3n) is 8.07. The highest BCUT2D eigenvalue weighted by molar-refractivity contribution is 5.74. The zero-order chi connectivity index (χ0) is 29.2. The van der Waals surface area contributed by atoms with Crippen molar-refractivity contribution < 1.29 is 22.3 Å². The molecule has 3 aromatic rings. The minimum atomic E-state index is -1.08. The van der Waals surface area contributed by atoms with E-state index in [1.54, 1.807) is 36.4 Å². The van der Waals surface area contributed by atoms with Crippen LogP contribution in [0, 0.1) is 29.2 Å². The standard InChI is InChI=1S/C36H40F4O/c1-3-5-6-7-8-9-10-11-25-12-14-26(15-13-25)29-20-21-30(34(38)33(29)37)27-16-18-28(19-17-27)31-22-23-32(41-24-4-2)36(40)35(31)39/h4,14,16-23,25H,2-3,5-13,15,24H2,1H3. The molecule has 0 N–H and O–H groups in total. The summed E-state index contributed by atoms with van der Waals surface area (Å²) in [6.45, 7) is 5.79. The molecule has 1 atom stereocenters. The molecule has 0 bridgehead atoms. The second-order valence-electron chi connectivity index (χ2n) is 11.0. The SMILES string of the molecule is C=CCOc1ccc(-c2ccc(-c3ccc(C4=CCC(CCCCCCCCC)CC4)c(F)c3F)cc2)c(F)c1F. The summed E-state index contributed by atoms with van der Waals surface area (Å²) in [5, 5.41) is 0. The first-order valence-electron chi connectivity index (χ1n) is 14.9. The lowest BCUT2D eigenvalue weighted by molar-refractivity contribution is 0.333. The van der Waals surface area contributed by atoms with Gasteiger partial charge in [-0.1, -0.05) is 113 Å². The van der Waals surface area contributed by atoms with Crippen LogP contribution in [0.2, 0.25) is 0 Å². The van der Waals surface area contributed by atoms with E-state index < -0.39 is 23.3 Å². The second kappa shape index (κ2) is 15.0. The van der Waals surface area contributed by atoms with Gasteiger partial charge in [0.25, 0.3) is 0 Å². The average Bonchev–Trinajstić information content (AvgIpc) is 2.99. The number of ether oxygens (including phenoxy) is 1. The third-order valence-corrected chi connectivity index (χ3v) is 8.07. The Morgan fingerprint density at radius 3 is 1.90 bits per heavy atom. The Kier molecular flexibility index (Phi) is 11.2. The lowest BCUT2D eigenvalue weighted by Gasteiger charge is -2.23. The Hall–Kier alpha value is -3.34. The lowest BCUT2D eigenvalue weighted by atomic mass is 9.83. The smallest absolute Gasteiger partial charge is 0.201 e.